The summed E-state index contributed by atoms with van der Waals surface area (Å²) < 4.78 is 5.76. The molecule has 1 aromatic carbocycles. The fourth-order valence-electron chi connectivity index (χ4n) is 3.13. The first kappa shape index (κ1) is 17.1. The predicted octanol–water partition coefficient (Wildman–Crippen LogP) is 4.05. The number of benzene rings is 1. The molecule has 0 bridgehead atoms. The highest BCUT2D eigenvalue weighted by Gasteiger charge is 2.31. The molecule has 1 fully saturated rings. The standard InChI is InChI=1S/C19H24N2O2S/c1-15(13-23-14-16-7-3-2-4-8-16)19(22)21-11-6-5-9-17(21)18-20-10-12-24-18/h2-4,7-8,10,12,15,17H,5-6,9,11,13-14H2,1H3/t15-,17+/m0/s1. The maximum Gasteiger partial charge on any atom is 0.228 e. The summed E-state index contributed by atoms with van der Waals surface area (Å²) in [5.41, 5.74) is 1.13. The summed E-state index contributed by atoms with van der Waals surface area (Å²) in [5.74, 6) is 0.0530. The van der Waals surface area contributed by atoms with Crippen LogP contribution < -0.4 is 0 Å². The molecule has 3 rings (SSSR count). The molecule has 1 aliphatic heterocycles. The van der Waals surface area contributed by atoms with E-state index in [-0.39, 0.29) is 17.9 Å². The molecule has 0 aliphatic carbocycles. The second-order valence-electron chi connectivity index (χ2n) is 6.32. The molecule has 2 heterocycles. The lowest BCUT2D eigenvalue weighted by Crippen LogP contribution is -2.42. The summed E-state index contributed by atoms with van der Waals surface area (Å²) in [5, 5.41) is 3.04. The van der Waals surface area contributed by atoms with Crippen molar-refractivity contribution in [3.05, 3.63) is 52.5 Å². The second kappa shape index (κ2) is 8.40. The Bertz CT molecular complexity index is 630. The molecule has 1 aromatic heterocycles. The van der Waals surface area contributed by atoms with E-state index in [1.165, 1.54) is 0 Å². The van der Waals surface area contributed by atoms with Gasteiger partial charge in [-0.2, -0.15) is 0 Å². The normalized spacial score (nSPS) is 19.2. The van der Waals surface area contributed by atoms with Crippen LogP contribution in [-0.4, -0.2) is 28.9 Å². The van der Waals surface area contributed by atoms with E-state index in [1.54, 1.807) is 11.3 Å². The largest absolute Gasteiger partial charge is 0.376 e. The summed E-state index contributed by atoms with van der Waals surface area (Å²) in [6.45, 7) is 3.79. The van der Waals surface area contributed by atoms with Crippen molar-refractivity contribution in [1.29, 1.82) is 0 Å². The van der Waals surface area contributed by atoms with Crippen LogP contribution in [0.3, 0.4) is 0 Å². The smallest absolute Gasteiger partial charge is 0.228 e. The van der Waals surface area contributed by atoms with Crippen LogP contribution in [0.25, 0.3) is 0 Å². The highest BCUT2D eigenvalue weighted by molar-refractivity contribution is 7.09. The highest BCUT2D eigenvalue weighted by Crippen LogP contribution is 2.33. The monoisotopic (exact) mass is 344 g/mol. The van der Waals surface area contributed by atoms with E-state index in [0.717, 1.165) is 36.4 Å². The molecule has 2 aromatic rings. The van der Waals surface area contributed by atoms with E-state index in [1.807, 2.05) is 53.7 Å². The van der Waals surface area contributed by atoms with Crippen LogP contribution >= 0.6 is 11.3 Å². The maximum atomic E-state index is 12.9. The summed E-state index contributed by atoms with van der Waals surface area (Å²) >= 11 is 1.64. The molecule has 0 saturated carbocycles. The van der Waals surface area contributed by atoms with Crippen LogP contribution in [-0.2, 0) is 16.1 Å². The number of hydrogen-bond acceptors (Lipinski definition) is 4. The third-order valence-electron chi connectivity index (χ3n) is 4.42. The summed E-state index contributed by atoms with van der Waals surface area (Å²) in [7, 11) is 0. The van der Waals surface area contributed by atoms with Crippen molar-refractivity contribution < 1.29 is 9.53 Å². The summed E-state index contributed by atoms with van der Waals surface area (Å²) in [6, 6.07) is 10.2. The van der Waals surface area contributed by atoms with Gasteiger partial charge < -0.3 is 9.64 Å². The quantitative estimate of drug-likeness (QED) is 0.794. The van der Waals surface area contributed by atoms with Gasteiger partial charge in [0.05, 0.1) is 25.2 Å². The third-order valence-corrected chi connectivity index (χ3v) is 5.30. The first-order valence-electron chi connectivity index (χ1n) is 8.57. The average Bonchev–Trinajstić information content (AvgIpc) is 3.16. The lowest BCUT2D eigenvalue weighted by molar-refractivity contribution is -0.141. The molecule has 0 spiro atoms. The lowest BCUT2D eigenvalue weighted by atomic mass is 10.00. The molecule has 128 valence electrons. The number of ether oxygens (including phenoxy) is 1. The van der Waals surface area contributed by atoms with Crippen molar-refractivity contribution in [3.63, 3.8) is 0 Å². The lowest BCUT2D eigenvalue weighted by Gasteiger charge is -2.36. The minimum absolute atomic E-state index is 0.130. The van der Waals surface area contributed by atoms with Crippen molar-refractivity contribution in [2.24, 2.45) is 5.92 Å². The average molecular weight is 344 g/mol. The Morgan fingerprint density at radius 3 is 2.96 bits per heavy atom. The third kappa shape index (κ3) is 4.22. The van der Waals surface area contributed by atoms with E-state index in [9.17, 15) is 4.79 Å². The SMILES string of the molecule is C[C@@H](COCc1ccccc1)C(=O)N1CCCC[C@@H]1c1nccs1. The number of rotatable bonds is 6. The van der Waals surface area contributed by atoms with Gasteiger partial charge in [0, 0.05) is 18.1 Å². The van der Waals surface area contributed by atoms with Crippen molar-refractivity contribution in [1.82, 2.24) is 9.88 Å². The molecule has 0 unspecified atom stereocenters. The summed E-state index contributed by atoms with van der Waals surface area (Å²) in [4.78, 5) is 19.3. The number of piperidine rings is 1. The minimum Gasteiger partial charge on any atom is -0.376 e. The molecular formula is C19H24N2O2S. The number of nitrogens with zero attached hydrogens (tertiary/aromatic N) is 2. The van der Waals surface area contributed by atoms with Gasteiger partial charge in [0.1, 0.15) is 5.01 Å². The Labute approximate surface area is 147 Å². The fourth-order valence-corrected chi connectivity index (χ4v) is 3.92. The van der Waals surface area contributed by atoms with Gasteiger partial charge in [-0.05, 0) is 24.8 Å². The Morgan fingerprint density at radius 1 is 1.38 bits per heavy atom. The topological polar surface area (TPSA) is 42.4 Å². The van der Waals surface area contributed by atoms with E-state index >= 15 is 0 Å². The number of likely N-dealkylation sites (tertiary alicyclic amines) is 1. The van der Waals surface area contributed by atoms with Gasteiger partial charge in [-0.15, -0.1) is 11.3 Å². The minimum atomic E-state index is -0.130. The van der Waals surface area contributed by atoms with Crippen LogP contribution in [0.1, 0.15) is 42.8 Å². The Hall–Kier alpha value is -1.72. The van der Waals surface area contributed by atoms with Crippen molar-refractivity contribution in [3.8, 4) is 0 Å². The Balaban J connectivity index is 1.55. The molecule has 2 atom stereocenters. The molecule has 5 heteroatoms. The molecule has 4 nitrogen and oxygen atoms in total. The second-order valence-corrected chi connectivity index (χ2v) is 7.24. The summed E-state index contributed by atoms with van der Waals surface area (Å²) in [6.07, 6.45) is 5.07. The van der Waals surface area contributed by atoms with Gasteiger partial charge in [0.25, 0.3) is 0 Å². The Kier molecular flexibility index (Phi) is 5.99. The zero-order valence-corrected chi connectivity index (χ0v) is 14.9. The van der Waals surface area contributed by atoms with Crippen LogP contribution in [0.2, 0.25) is 0 Å². The van der Waals surface area contributed by atoms with Gasteiger partial charge in [-0.1, -0.05) is 37.3 Å². The van der Waals surface area contributed by atoms with Crippen LogP contribution in [0.5, 0.6) is 0 Å². The zero-order chi connectivity index (χ0) is 16.8. The number of carbonyl (C=O) groups excluding carboxylic acids is 1. The van der Waals surface area contributed by atoms with Gasteiger partial charge >= 0.3 is 0 Å². The Morgan fingerprint density at radius 2 is 2.21 bits per heavy atom. The van der Waals surface area contributed by atoms with Crippen molar-refractivity contribution in [2.45, 2.75) is 38.8 Å². The molecular weight excluding hydrogens is 320 g/mol. The van der Waals surface area contributed by atoms with Crippen LogP contribution in [0, 0.1) is 5.92 Å². The highest BCUT2D eigenvalue weighted by atomic mass is 32.1. The van der Waals surface area contributed by atoms with E-state index in [4.69, 9.17) is 4.74 Å². The molecule has 1 saturated heterocycles. The van der Waals surface area contributed by atoms with Crippen LogP contribution in [0.15, 0.2) is 41.9 Å². The molecule has 24 heavy (non-hydrogen) atoms. The molecule has 1 aliphatic rings. The van der Waals surface area contributed by atoms with Crippen LogP contribution in [0.4, 0.5) is 0 Å². The number of amides is 1. The number of hydrogen-bond donors (Lipinski definition) is 0. The molecule has 1 amide bonds. The van der Waals surface area contributed by atoms with Gasteiger partial charge in [0.2, 0.25) is 5.91 Å². The van der Waals surface area contributed by atoms with Gasteiger partial charge in [-0.25, -0.2) is 4.98 Å². The predicted molar refractivity (Wildman–Crippen MR) is 95.7 cm³/mol. The first-order valence-corrected chi connectivity index (χ1v) is 9.45. The van der Waals surface area contributed by atoms with Crippen molar-refractivity contribution in [2.75, 3.05) is 13.2 Å². The fraction of sp³-hybridized carbons (Fsp3) is 0.474. The number of carbonyl (C=O) groups is 1. The number of thiazole rings is 1. The number of aromatic nitrogens is 1. The first-order chi connectivity index (χ1) is 11.8. The molecule has 0 N–H and O–H groups in total. The molecule has 0 radical (unpaired) electrons. The van der Waals surface area contributed by atoms with Gasteiger partial charge in [-0.3, -0.25) is 4.79 Å². The van der Waals surface area contributed by atoms with E-state index in [2.05, 4.69) is 4.98 Å². The van der Waals surface area contributed by atoms with E-state index < -0.39 is 0 Å². The van der Waals surface area contributed by atoms with E-state index in [0.29, 0.717) is 13.2 Å². The maximum absolute atomic E-state index is 12.9. The zero-order valence-electron chi connectivity index (χ0n) is 14.1. The van der Waals surface area contributed by atoms with Crippen molar-refractivity contribution >= 4 is 17.2 Å². The van der Waals surface area contributed by atoms with Gasteiger partial charge in [0.15, 0.2) is 0 Å².